The van der Waals surface area contributed by atoms with Crippen molar-refractivity contribution in [3.8, 4) is 0 Å². The number of hydrogen-bond donors (Lipinski definition) is 1. The lowest BCUT2D eigenvalue weighted by molar-refractivity contribution is -0.126. The molecule has 1 aromatic rings. The summed E-state index contributed by atoms with van der Waals surface area (Å²) in [6.07, 6.45) is 1.79. The van der Waals surface area contributed by atoms with Crippen molar-refractivity contribution in [2.45, 2.75) is 25.3 Å². The van der Waals surface area contributed by atoms with Crippen molar-refractivity contribution < 1.29 is 22.8 Å². The predicted molar refractivity (Wildman–Crippen MR) is 67.9 cm³/mol. The Morgan fingerprint density at radius 3 is 2.57 bits per heavy atom. The van der Waals surface area contributed by atoms with E-state index in [-0.39, 0.29) is 30.6 Å². The van der Waals surface area contributed by atoms with Crippen molar-refractivity contribution in [1.29, 1.82) is 0 Å². The lowest BCUT2D eigenvalue weighted by Crippen LogP contribution is -2.34. The Morgan fingerprint density at radius 2 is 1.90 bits per heavy atom. The number of carbonyl (C=O) groups excluding carboxylic acids is 2. The van der Waals surface area contributed by atoms with Gasteiger partial charge in [-0.05, 0) is 25.0 Å². The fraction of sp³-hybridized carbons (Fsp3) is 0.429. The summed E-state index contributed by atoms with van der Waals surface area (Å²) in [6, 6.07) is 1.94. The molecule has 1 atom stereocenters. The van der Waals surface area contributed by atoms with Crippen LogP contribution in [0.15, 0.2) is 12.1 Å². The van der Waals surface area contributed by atoms with Gasteiger partial charge in [0.15, 0.2) is 17.5 Å². The third-order valence-electron chi connectivity index (χ3n) is 3.73. The zero-order valence-electron chi connectivity index (χ0n) is 11.0. The van der Waals surface area contributed by atoms with Crippen LogP contribution in [0, 0.1) is 23.4 Å². The van der Waals surface area contributed by atoms with Gasteiger partial charge >= 0.3 is 0 Å². The molecule has 1 heterocycles. The molecule has 0 radical (unpaired) electrons. The number of rotatable bonds is 3. The summed E-state index contributed by atoms with van der Waals surface area (Å²) in [5, 5.41) is 2.78. The first-order valence-electron chi connectivity index (χ1n) is 6.71. The minimum atomic E-state index is -1.62. The molecular weight excluding hydrogens is 285 g/mol. The van der Waals surface area contributed by atoms with Gasteiger partial charge in [-0.1, -0.05) is 0 Å². The average molecular weight is 298 g/mol. The van der Waals surface area contributed by atoms with Crippen molar-refractivity contribution >= 4 is 17.5 Å². The van der Waals surface area contributed by atoms with Gasteiger partial charge < -0.3 is 10.2 Å². The Labute approximate surface area is 118 Å². The Hall–Kier alpha value is -2.05. The molecule has 1 aromatic carbocycles. The molecule has 3 rings (SSSR count). The van der Waals surface area contributed by atoms with E-state index in [1.165, 1.54) is 0 Å². The van der Waals surface area contributed by atoms with Gasteiger partial charge in [0, 0.05) is 19.0 Å². The highest BCUT2D eigenvalue weighted by Gasteiger charge is 2.38. The molecule has 0 aromatic heterocycles. The zero-order chi connectivity index (χ0) is 15.1. The predicted octanol–water partition coefficient (Wildman–Crippen LogP) is 1.74. The van der Waals surface area contributed by atoms with Crippen LogP contribution < -0.4 is 10.2 Å². The number of carbonyl (C=O) groups is 2. The van der Waals surface area contributed by atoms with Gasteiger partial charge in [-0.2, -0.15) is 0 Å². The quantitative estimate of drug-likeness (QED) is 0.864. The number of benzene rings is 1. The third-order valence-corrected chi connectivity index (χ3v) is 3.73. The van der Waals surface area contributed by atoms with Gasteiger partial charge in [0.2, 0.25) is 11.8 Å². The molecule has 112 valence electrons. The summed E-state index contributed by atoms with van der Waals surface area (Å²) < 4.78 is 39.9. The summed E-state index contributed by atoms with van der Waals surface area (Å²) in [5.41, 5.74) is -0.333. The molecule has 7 heteroatoms. The molecule has 1 unspecified atom stereocenters. The largest absolute Gasteiger partial charge is 0.353 e. The number of nitrogens with one attached hydrogen (secondary N) is 1. The molecule has 0 spiro atoms. The Morgan fingerprint density at radius 1 is 1.19 bits per heavy atom. The minimum absolute atomic E-state index is 0.0284. The van der Waals surface area contributed by atoms with Crippen molar-refractivity contribution in [1.82, 2.24) is 5.32 Å². The van der Waals surface area contributed by atoms with Crippen molar-refractivity contribution in [3.05, 3.63) is 29.6 Å². The highest BCUT2D eigenvalue weighted by molar-refractivity contribution is 6.00. The van der Waals surface area contributed by atoms with Gasteiger partial charge in [-0.3, -0.25) is 9.59 Å². The first-order valence-corrected chi connectivity index (χ1v) is 6.71. The first kappa shape index (κ1) is 13.9. The van der Waals surface area contributed by atoms with Crippen molar-refractivity contribution in [3.63, 3.8) is 0 Å². The second-order valence-corrected chi connectivity index (χ2v) is 5.38. The average Bonchev–Trinajstić information content (AvgIpc) is 3.17. The number of halogens is 3. The van der Waals surface area contributed by atoms with E-state index in [0.717, 1.165) is 29.9 Å². The summed E-state index contributed by atoms with van der Waals surface area (Å²) in [5.74, 6) is -5.67. The summed E-state index contributed by atoms with van der Waals surface area (Å²) in [6.45, 7) is -0.0284. The molecule has 1 aliphatic heterocycles. The monoisotopic (exact) mass is 298 g/mol. The highest BCUT2D eigenvalue weighted by Crippen LogP contribution is 2.30. The lowest BCUT2D eigenvalue weighted by atomic mass is 10.1. The van der Waals surface area contributed by atoms with E-state index in [1.807, 2.05) is 0 Å². The third kappa shape index (κ3) is 2.59. The SMILES string of the molecule is O=C(NC1CC1)C1CC(=O)N(c2ccc(F)c(F)c2F)C1. The van der Waals surface area contributed by atoms with E-state index in [4.69, 9.17) is 0 Å². The Balaban J connectivity index is 1.78. The lowest BCUT2D eigenvalue weighted by Gasteiger charge is -2.17. The maximum absolute atomic E-state index is 13.7. The second-order valence-electron chi connectivity index (χ2n) is 5.38. The van der Waals surface area contributed by atoms with Crippen LogP contribution >= 0.6 is 0 Å². The van der Waals surface area contributed by atoms with Gasteiger partial charge in [-0.25, -0.2) is 13.2 Å². The second kappa shape index (κ2) is 5.05. The van der Waals surface area contributed by atoms with Crippen molar-refractivity contribution in [2.75, 3.05) is 11.4 Å². The fourth-order valence-electron chi connectivity index (χ4n) is 2.39. The van der Waals surface area contributed by atoms with Gasteiger partial charge in [-0.15, -0.1) is 0 Å². The van der Waals surface area contributed by atoms with Crippen LogP contribution in [0.3, 0.4) is 0 Å². The summed E-state index contributed by atoms with van der Waals surface area (Å²) in [4.78, 5) is 24.8. The van der Waals surface area contributed by atoms with E-state index in [2.05, 4.69) is 5.32 Å². The van der Waals surface area contributed by atoms with E-state index < -0.39 is 29.3 Å². The minimum Gasteiger partial charge on any atom is -0.353 e. The molecule has 1 N–H and O–H groups in total. The number of hydrogen-bond acceptors (Lipinski definition) is 2. The van der Waals surface area contributed by atoms with Crippen LogP contribution in [0.25, 0.3) is 0 Å². The molecule has 2 amide bonds. The zero-order valence-corrected chi connectivity index (χ0v) is 11.0. The van der Waals surface area contributed by atoms with Crippen LogP contribution in [0.5, 0.6) is 0 Å². The molecule has 1 saturated heterocycles. The molecule has 2 aliphatic rings. The first-order chi connectivity index (χ1) is 9.97. The fourth-order valence-corrected chi connectivity index (χ4v) is 2.39. The Kier molecular flexibility index (Phi) is 3.35. The van der Waals surface area contributed by atoms with E-state index >= 15 is 0 Å². The smallest absolute Gasteiger partial charge is 0.227 e. The van der Waals surface area contributed by atoms with Crippen LogP contribution in [0.2, 0.25) is 0 Å². The molecule has 4 nitrogen and oxygen atoms in total. The molecular formula is C14H13F3N2O2. The maximum Gasteiger partial charge on any atom is 0.227 e. The molecule has 1 saturated carbocycles. The van der Waals surface area contributed by atoms with E-state index in [0.29, 0.717) is 0 Å². The highest BCUT2D eigenvalue weighted by atomic mass is 19.2. The van der Waals surface area contributed by atoms with Crippen LogP contribution in [0.4, 0.5) is 18.9 Å². The van der Waals surface area contributed by atoms with E-state index in [9.17, 15) is 22.8 Å². The van der Waals surface area contributed by atoms with E-state index in [1.54, 1.807) is 0 Å². The van der Waals surface area contributed by atoms with Gasteiger partial charge in [0.1, 0.15) is 0 Å². The maximum atomic E-state index is 13.7. The number of amides is 2. The standard InChI is InChI=1S/C14H13F3N2O2/c15-9-3-4-10(13(17)12(9)16)19-6-7(5-11(19)20)14(21)18-8-1-2-8/h3-4,7-8H,1-2,5-6H2,(H,18,21). The summed E-state index contributed by atoms with van der Waals surface area (Å²) in [7, 11) is 0. The molecule has 2 fully saturated rings. The van der Waals surface area contributed by atoms with Gasteiger partial charge in [0.05, 0.1) is 11.6 Å². The molecule has 1 aliphatic carbocycles. The van der Waals surface area contributed by atoms with Crippen LogP contribution in [-0.4, -0.2) is 24.4 Å². The van der Waals surface area contributed by atoms with Crippen LogP contribution in [-0.2, 0) is 9.59 Å². The number of anilines is 1. The molecule has 21 heavy (non-hydrogen) atoms. The topological polar surface area (TPSA) is 49.4 Å². The normalized spacial score (nSPS) is 21.8. The van der Waals surface area contributed by atoms with Crippen LogP contribution in [0.1, 0.15) is 19.3 Å². The van der Waals surface area contributed by atoms with Gasteiger partial charge in [0.25, 0.3) is 0 Å². The Bertz CT molecular complexity index is 616. The van der Waals surface area contributed by atoms with Crippen molar-refractivity contribution in [2.24, 2.45) is 5.92 Å². The molecule has 0 bridgehead atoms. The number of nitrogens with zero attached hydrogens (tertiary/aromatic N) is 1. The summed E-state index contributed by atoms with van der Waals surface area (Å²) >= 11 is 0.